The Hall–Kier alpha value is -1.09. The molecule has 114 valence electrons. The lowest BCUT2D eigenvalue weighted by Gasteiger charge is -2.40. The van der Waals surface area contributed by atoms with Gasteiger partial charge in [0.05, 0.1) is 12.3 Å². The fourth-order valence-electron chi connectivity index (χ4n) is 5.53. The van der Waals surface area contributed by atoms with Gasteiger partial charge in [-0.1, -0.05) is 6.42 Å². The number of hydrogen-bond acceptors (Lipinski definition) is 3. The van der Waals surface area contributed by atoms with Crippen molar-refractivity contribution >= 4 is 0 Å². The first-order chi connectivity index (χ1) is 10.1. The molecule has 3 saturated carbocycles. The molecule has 2 N–H and O–H groups in total. The van der Waals surface area contributed by atoms with E-state index >= 15 is 0 Å². The van der Waals surface area contributed by atoms with Crippen molar-refractivity contribution in [3.05, 3.63) is 24.0 Å². The zero-order valence-electron chi connectivity index (χ0n) is 13.1. The van der Waals surface area contributed by atoms with E-state index in [1.54, 1.807) is 6.20 Å². The van der Waals surface area contributed by atoms with Gasteiger partial charge in [-0.05, 0) is 74.8 Å². The van der Waals surface area contributed by atoms with Crippen LogP contribution >= 0.6 is 0 Å². The fourth-order valence-corrected chi connectivity index (χ4v) is 5.53. The molecule has 0 aliphatic heterocycles. The van der Waals surface area contributed by atoms with Gasteiger partial charge < -0.3 is 10.5 Å². The van der Waals surface area contributed by atoms with Gasteiger partial charge in [-0.25, -0.2) is 0 Å². The van der Waals surface area contributed by atoms with E-state index in [1.165, 1.54) is 31.2 Å². The second kappa shape index (κ2) is 4.70. The zero-order valence-corrected chi connectivity index (χ0v) is 13.1. The Labute approximate surface area is 127 Å². The summed E-state index contributed by atoms with van der Waals surface area (Å²) in [6.07, 6.45) is 10.7. The molecule has 3 heteroatoms. The Morgan fingerprint density at radius 3 is 2.90 bits per heavy atom. The SMILES string of the molecule is CC(C)Oc1cncc(C2(N)CC3CC2C2CCCC32)c1. The smallest absolute Gasteiger partial charge is 0.138 e. The second-order valence-electron chi connectivity index (χ2n) is 7.68. The van der Waals surface area contributed by atoms with E-state index in [0.717, 1.165) is 29.9 Å². The molecule has 5 unspecified atom stereocenters. The molecule has 2 bridgehead atoms. The van der Waals surface area contributed by atoms with Crippen LogP contribution in [0.5, 0.6) is 5.75 Å². The standard InChI is InChI=1S/C18H26N2O/c1-11(2)21-14-7-13(9-20-10-14)18(19)8-12-6-17(18)16-5-3-4-15(12)16/h7,9-12,15-17H,3-6,8,19H2,1-2H3. The topological polar surface area (TPSA) is 48.1 Å². The van der Waals surface area contributed by atoms with Crippen LogP contribution < -0.4 is 10.5 Å². The van der Waals surface area contributed by atoms with Crippen molar-refractivity contribution in [3.63, 3.8) is 0 Å². The predicted octanol–water partition coefficient (Wildman–Crippen LogP) is 3.48. The predicted molar refractivity (Wildman–Crippen MR) is 82.9 cm³/mol. The van der Waals surface area contributed by atoms with Crippen LogP contribution in [0.15, 0.2) is 18.5 Å². The summed E-state index contributed by atoms with van der Waals surface area (Å²) in [5.41, 5.74) is 7.95. The van der Waals surface area contributed by atoms with Crippen LogP contribution in [-0.4, -0.2) is 11.1 Å². The number of nitrogens with two attached hydrogens (primary N) is 1. The molecular weight excluding hydrogens is 260 g/mol. The normalized spacial score (nSPS) is 40.8. The van der Waals surface area contributed by atoms with E-state index in [1.807, 2.05) is 20.0 Å². The van der Waals surface area contributed by atoms with Crippen LogP contribution in [0.2, 0.25) is 0 Å². The van der Waals surface area contributed by atoms with Gasteiger partial charge in [-0.2, -0.15) is 0 Å². The number of fused-ring (bicyclic) bond motifs is 5. The largest absolute Gasteiger partial charge is 0.489 e. The van der Waals surface area contributed by atoms with Gasteiger partial charge in [-0.3, -0.25) is 4.98 Å². The summed E-state index contributed by atoms with van der Waals surface area (Å²) >= 11 is 0. The molecule has 1 aromatic rings. The molecule has 4 rings (SSSR count). The molecule has 1 heterocycles. The molecule has 0 spiro atoms. The second-order valence-corrected chi connectivity index (χ2v) is 7.68. The van der Waals surface area contributed by atoms with Crippen molar-refractivity contribution in [1.29, 1.82) is 0 Å². The molecule has 0 saturated heterocycles. The number of pyridine rings is 1. The van der Waals surface area contributed by atoms with Crippen molar-refractivity contribution in [2.75, 3.05) is 0 Å². The van der Waals surface area contributed by atoms with Crippen molar-refractivity contribution in [1.82, 2.24) is 4.98 Å². The number of hydrogen-bond donors (Lipinski definition) is 1. The highest BCUT2D eigenvalue weighted by molar-refractivity contribution is 5.33. The first-order valence-electron chi connectivity index (χ1n) is 8.49. The summed E-state index contributed by atoms with van der Waals surface area (Å²) in [6.45, 7) is 4.09. The van der Waals surface area contributed by atoms with Crippen molar-refractivity contribution in [2.45, 2.75) is 57.6 Å². The maximum absolute atomic E-state index is 6.93. The minimum absolute atomic E-state index is 0.167. The van der Waals surface area contributed by atoms with Gasteiger partial charge in [0.25, 0.3) is 0 Å². The van der Waals surface area contributed by atoms with E-state index in [0.29, 0.717) is 5.92 Å². The van der Waals surface area contributed by atoms with E-state index in [4.69, 9.17) is 10.5 Å². The molecule has 21 heavy (non-hydrogen) atoms. The van der Waals surface area contributed by atoms with Crippen LogP contribution in [0.4, 0.5) is 0 Å². The quantitative estimate of drug-likeness (QED) is 0.925. The summed E-state index contributed by atoms with van der Waals surface area (Å²) < 4.78 is 5.81. The maximum Gasteiger partial charge on any atom is 0.138 e. The highest BCUT2D eigenvalue weighted by Gasteiger charge is 2.59. The molecule has 0 aromatic carbocycles. The summed E-state index contributed by atoms with van der Waals surface area (Å²) in [5.74, 6) is 4.20. The van der Waals surface area contributed by atoms with Gasteiger partial charge >= 0.3 is 0 Å². The van der Waals surface area contributed by atoms with E-state index in [2.05, 4.69) is 11.1 Å². The average Bonchev–Trinajstić information content (AvgIpc) is 3.09. The van der Waals surface area contributed by atoms with Gasteiger partial charge in [0.1, 0.15) is 5.75 Å². The molecule has 1 aromatic heterocycles. The molecule has 0 amide bonds. The Bertz CT molecular complexity index is 544. The van der Waals surface area contributed by atoms with Crippen molar-refractivity contribution in [2.24, 2.45) is 29.4 Å². The number of aromatic nitrogens is 1. The molecule has 3 aliphatic rings. The number of nitrogens with zero attached hydrogens (tertiary/aromatic N) is 1. The fraction of sp³-hybridized carbons (Fsp3) is 0.722. The molecular formula is C18H26N2O. The monoisotopic (exact) mass is 286 g/mol. The van der Waals surface area contributed by atoms with Crippen LogP contribution in [0.3, 0.4) is 0 Å². The van der Waals surface area contributed by atoms with Crippen molar-refractivity contribution in [3.8, 4) is 5.75 Å². The van der Waals surface area contributed by atoms with E-state index in [9.17, 15) is 0 Å². The van der Waals surface area contributed by atoms with Crippen LogP contribution in [0.1, 0.15) is 51.5 Å². The van der Waals surface area contributed by atoms with Crippen molar-refractivity contribution < 1.29 is 4.74 Å². The van der Waals surface area contributed by atoms with Crippen LogP contribution in [0.25, 0.3) is 0 Å². The lowest BCUT2D eigenvalue weighted by molar-refractivity contribution is 0.155. The minimum atomic E-state index is -0.167. The van der Waals surface area contributed by atoms with Crippen LogP contribution in [0, 0.1) is 23.7 Å². The summed E-state index contributed by atoms with van der Waals surface area (Å²) in [5, 5.41) is 0. The van der Waals surface area contributed by atoms with Gasteiger partial charge in [0.15, 0.2) is 0 Å². The summed E-state index contributed by atoms with van der Waals surface area (Å²) in [7, 11) is 0. The molecule has 0 radical (unpaired) electrons. The Kier molecular flexibility index (Phi) is 3.04. The third-order valence-electron chi connectivity index (χ3n) is 6.19. The Balaban J connectivity index is 1.64. The lowest BCUT2D eigenvalue weighted by Crippen LogP contribution is -2.46. The van der Waals surface area contributed by atoms with Gasteiger partial charge in [0, 0.05) is 11.7 Å². The third kappa shape index (κ3) is 2.01. The van der Waals surface area contributed by atoms with Gasteiger partial charge in [-0.15, -0.1) is 0 Å². The molecule has 3 nitrogen and oxygen atoms in total. The highest BCUT2D eigenvalue weighted by Crippen LogP contribution is 2.64. The minimum Gasteiger partial charge on any atom is -0.489 e. The first-order valence-corrected chi connectivity index (χ1v) is 8.49. The Morgan fingerprint density at radius 1 is 1.29 bits per heavy atom. The Morgan fingerprint density at radius 2 is 2.10 bits per heavy atom. The average molecular weight is 286 g/mol. The summed E-state index contributed by atoms with van der Waals surface area (Å²) in [6, 6.07) is 2.14. The third-order valence-corrected chi connectivity index (χ3v) is 6.19. The highest BCUT2D eigenvalue weighted by atomic mass is 16.5. The molecule has 5 atom stereocenters. The molecule has 3 aliphatic carbocycles. The maximum atomic E-state index is 6.93. The lowest BCUT2D eigenvalue weighted by atomic mass is 9.69. The molecule has 3 fully saturated rings. The van der Waals surface area contributed by atoms with E-state index < -0.39 is 0 Å². The zero-order chi connectivity index (χ0) is 14.6. The first kappa shape index (κ1) is 13.6. The van der Waals surface area contributed by atoms with Gasteiger partial charge in [0.2, 0.25) is 0 Å². The van der Waals surface area contributed by atoms with E-state index in [-0.39, 0.29) is 11.6 Å². The summed E-state index contributed by atoms with van der Waals surface area (Å²) in [4.78, 5) is 4.39. The number of rotatable bonds is 3. The van der Waals surface area contributed by atoms with Crippen LogP contribution in [-0.2, 0) is 5.54 Å². The number of ether oxygens (including phenoxy) is 1.